The lowest BCUT2D eigenvalue weighted by atomic mass is 10.0. The van der Waals surface area contributed by atoms with E-state index < -0.39 is 15.9 Å². The molecular weight excluding hydrogens is 414 g/mol. The van der Waals surface area contributed by atoms with Crippen molar-refractivity contribution in [1.82, 2.24) is 9.88 Å². The molecule has 5 rings (SSSR count). The number of piperidine rings is 1. The first kappa shape index (κ1) is 19.7. The summed E-state index contributed by atoms with van der Waals surface area (Å²) < 4.78 is 27.8. The summed E-state index contributed by atoms with van der Waals surface area (Å²) in [6, 6.07) is 5.90. The van der Waals surface area contributed by atoms with Crippen molar-refractivity contribution in [1.29, 1.82) is 0 Å². The Bertz CT molecular complexity index is 1240. The van der Waals surface area contributed by atoms with E-state index in [1.807, 2.05) is 18.2 Å². The molecule has 31 heavy (non-hydrogen) atoms. The Morgan fingerprint density at radius 2 is 1.87 bits per heavy atom. The van der Waals surface area contributed by atoms with Crippen molar-refractivity contribution in [2.75, 3.05) is 35.6 Å². The molecule has 3 aliphatic rings. The Hall–Kier alpha value is -3.20. The molecule has 0 bridgehead atoms. The van der Waals surface area contributed by atoms with Crippen molar-refractivity contribution in [2.24, 2.45) is 4.40 Å². The predicted molar refractivity (Wildman–Crippen MR) is 122 cm³/mol. The van der Waals surface area contributed by atoms with Gasteiger partial charge < -0.3 is 15.1 Å². The van der Waals surface area contributed by atoms with Crippen molar-refractivity contribution < 1.29 is 13.2 Å². The maximum Gasteiger partial charge on any atom is 0.259 e. The number of benzene rings is 1. The molecule has 0 spiro atoms. The molecule has 1 saturated heterocycles. The van der Waals surface area contributed by atoms with E-state index >= 15 is 0 Å². The summed E-state index contributed by atoms with van der Waals surface area (Å²) in [6.45, 7) is 2.32. The van der Waals surface area contributed by atoms with Gasteiger partial charge in [0.05, 0.1) is 17.0 Å². The average molecular weight is 438 g/mol. The molecule has 4 heterocycles. The van der Waals surface area contributed by atoms with Gasteiger partial charge in [0, 0.05) is 54.7 Å². The normalized spacial score (nSPS) is 20.1. The average Bonchev–Trinajstić information content (AvgIpc) is 2.79. The summed E-state index contributed by atoms with van der Waals surface area (Å²) in [4.78, 5) is 21.4. The molecule has 0 radical (unpaired) electrons. The predicted octanol–water partition coefficient (Wildman–Crippen LogP) is 2.66. The highest BCUT2D eigenvalue weighted by molar-refractivity contribution is 7.90. The smallest absolute Gasteiger partial charge is 0.259 e. The van der Waals surface area contributed by atoms with Crippen LogP contribution in [-0.2, 0) is 14.8 Å². The van der Waals surface area contributed by atoms with E-state index in [-0.39, 0.29) is 23.7 Å². The molecule has 1 N–H and O–H groups in total. The second kappa shape index (κ2) is 7.81. The van der Waals surface area contributed by atoms with Crippen LogP contribution in [0, 0.1) is 0 Å². The molecule has 1 amide bonds. The van der Waals surface area contributed by atoms with Crippen LogP contribution in [0.3, 0.4) is 0 Å². The summed E-state index contributed by atoms with van der Waals surface area (Å²) >= 11 is 0. The molecule has 1 aromatic heterocycles. The number of sulfonamides is 1. The highest BCUT2D eigenvalue weighted by Gasteiger charge is 2.30. The fourth-order valence-corrected chi connectivity index (χ4v) is 5.26. The number of pyridine rings is 1. The van der Waals surface area contributed by atoms with Gasteiger partial charge in [0.2, 0.25) is 0 Å². The number of hydrogen-bond acceptors (Lipinski definition) is 6. The van der Waals surface area contributed by atoms with Gasteiger partial charge in [-0.05, 0) is 49.6 Å². The Kier molecular flexibility index (Phi) is 4.97. The number of carbonyl (C=O) groups is 1. The number of anilines is 2. The topological polar surface area (TPSA) is 95.0 Å². The van der Waals surface area contributed by atoms with Gasteiger partial charge >= 0.3 is 0 Å². The first-order valence-electron chi connectivity index (χ1n) is 10.4. The summed E-state index contributed by atoms with van der Waals surface area (Å²) in [5.74, 6) is -0.302. The zero-order valence-electron chi connectivity index (χ0n) is 17.0. The Morgan fingerprint density at radius 3 is 2.71 bits per heavy atom. The Balaban J connectivity index is 1.48. The molecule has 160 valence electrons. The van der Waals surface area contributed by atoms with Gasteiger partial charge in [-0.15, -0.1) is 4.40 Å². The fourth-order valence-electron chi connectivity index (χ4n) is 4.28. The van der Waals surface area contributed by atoms with Crippen LogP contribution in [0.2, 0.25) is 0 Å². The minimum absolute atomic E-state index is 0.0655. The standard InChI is InChI=1S/C22H23N5O3S/c28-22(17-5-4-12-27-13-14-31(29,30)25-21(17)27)24-19-6-7-20(26-10-2-1-3-11-26)16-8-9-23-15-18(16)19/h4-9,12,15H,1-3,10-11,13-14H2,(H,24,28). The number of aromatic nitrogens is 1. The zero-order chi connectivity index (χ0) is 21.4. The molecule has 8 nitrogen and oxygen atoms in total. The van der Waals surface area contributed by atoms with Crippen LogP contribution in [0.5, 0.6) is 0 Å². The summed E-state index contributed by atoms with van der Waals surface area (Å²) in [5.41, 5.74) is 2.00. The third-order valence-corrected chi connectivity index (χ3v) is 6.99. The van der Waals surface area contributed by atoms with Crippen molar-refractivity contribution in [3.05, 3.63) is 54.5 Å². The van der Waals surface area contributed by atoms with Crippen LogP contribution in [0.1, 0.15) is 19.3 Å². The second-order valence-electron chi connectivity index (χ2n) is 7.87. The molecule has 0 saturated carbocycles. The van der Waals surface area contributed by atoms with Crippen LogP contribution in [0.15, 0.2) is 58.9 Å². The van der Waals surface area contributed by atoms with Crippen molar-refractivity contribution in [2.45, 2.75) is 19.3 Å². The molecule has 0 aliphatic carbocycles. The van der Waals surface area contributed by atoms with Gasteiger partial charge in [-0.3, -0.25) is 9.78 Å². The Labute approximate surface area is 181 Å². The number of nitrogens with one attached hydrogen (secondary N) is 1. The van der Waals surface area contributed by atoms with Crippen LogP contribution in [0.4, 0.5) is 11.4 Å². The molecule has 0 atom stereocenters. The monoisotopic (exact) mass is 437 g/mol. The van der Waals surface area contributed by atoms with Crippen molar-refractivity contribution in [3.8, 4) is 0 Å². The zero-order valence-corrected chi connectivity index (χ0v) is 17.8. The molecule has 9 heteroatoms. The largest absolute Gasteiger partial charge is 0.371 e. The van der Waals surface area contributed by atoms with Crippen LogP contribution >= 0.6 is 0 Å². The van der Waals surface area contributed by atoms with Gasteiger partial charge in [0.15, 0.2) is 5.84 Å². The first-order chi connectivity index (χ1) is 15.0. The molecule has 0 unspecified atom stereocenters. The number of fused-ring (bicyclic) bond motifs is 2. The summed E-state index contributed by atoms with van der Waals surface area (Å²) in [7, 11) is -3.57. The number of nitrogens with zero attached hydrogens (tertiary/aromatic N) is 4. The lowest BCUT2D eigenvalue weighted by molar-refractivity contribution is -0.112. The lowest BCUT2D eigenvalue weighted by Crippen LogP contribution is -2.40. The van der Waals surface area contributed by atoms with E-state index in [0.717, 1.165) is 29.5 Å². The van der Waals surface area contributed by atoms with Gasteiger partial charge in [0.1, 0.15) is 0 Å². The number of amides is 1. The molecule has 1 aromatic carbocycles. The van der Waals surface area contributed by atoms with Crippen LogP contribution < -0.4 is 10.2 Å². The van der Waals surface area contributed by atoms with Gasteiger partial charge in [0.25, 0.3) is 15.9 Å². The number of amidine groups is 1. The minimum atomic E-state index is -3.57. The van der Waals surface area contributed by atoms with Gasteiger partial charge in [-0.25, -0.2) is 8.42 Å². The minimum Gasteiger partial charge on any atom is -0.371 e. The molecule has 1 fully saturated rings. The quantitative estimate of drug-likeness (QED) is 0.793. The van der Waals surface area contributed by atoms with Crippen molar-refractivity contribution in [3.63, 3.8) is 0 Å². The van der Waals surface area contributed by atoms with E-state index in [0.29, 0.717) is 5.69 Å². The van der Waals surface area contributed by atoms with E-state index in [1.165, 1.54) is 19.3 Å². The lowest BCUT2D eigenvalue weighted by Gasteiger charge is -2.30. The molecule has 2 aromatic rings. The van der Waals surface area contributed by atoms with Crippen molar-refractivity contribution >= 4 is 43.9 Å². The number of hydrogen-bond donors (Lipinski definition) is 1. The fraction of sp³-hybridized carbons (Fsp3) is 0.318. The highest BCUT2D eigenvalue weighted by atomic mass is 32.2. The molecule has 3 aliphatic heterocycles. The SMILES string of the molecule is O=C(Nc1ccc(N2CCCCC2)c2ccncc12)C1=CC=CN2CCS(=O)(=O)N=C12. The number of carbonyl (C=O) groups excluding carboxylic acids is 1. The Morgan fingerprint density at radius 1 is 1.03 bits per heavy atom. The third kappa shape index (κ3) is 3.81. The van der Waals surface area contributed by atoms with E-state index in [1.54, 1.807) is 35.6 Å². The van der Waals surface area contributed by atoms with E-state index in [2.05, 4.69) is 19.6 Å². The van der Waals surface area contributed by atoms with Crippen LogP contribution in [-0.4, -0.2) is 55.4 Å². The third-order valence-electron chi connectivity index (χ3n) is 5.84. The van der Waals surface area contributed by atoms with Gasteiger partial charge in [-0.2, -0.15) is 0 Å². The molecular formula is C22H23N5O3S. The number of allylic oxidation sites excluding steroid dienone is 2. The van der Waals surface area contributed by atoms with E-state index in [4.69, 9.17) is 0 Å². The van der Waals surface area contributed by atoms with E-state index in [9.17, 15) is 13.2 Å². The first-order valence-corrected chi connectivity index (χ1v) is 12.0. The maximum atomic E-state index is 13.1. The van der Waals surface area contributed by atoms with Gasteiger partial charge in [-0.1, -0.05) is 0 Å². The summed E-state index contributed by atoms with van der Waals surface area (Å²) in [5, 5.41) is 4.83. The second-order valence-corrected chi connectivity index (χ2v) is 9.63. The number of rotatable bonds is 3. The maximum absolute atomic E-state index is 13.1. The van der Waals surface area contributed by atoms with Crippen LogP contribution in [0.25, 0.3) is 10.8 Å². The highest BCUT2D eigenvalue weighted by Crippen LogP contribution is 2.33. The summed E-state index contributed by atoms with van der Waals surface area (Å²) in [6.07, 6.45) is 12.2.